The highest BCUT2D eigenvalue weighted by Gasteiger charge is 2.19. The first-order valence-electron chi connectivity index (χ1n) is 4.71. The zero-order valence-electron chi connectivity index (χ0n) is 8.94. The molecule has 0 aliphatic heterocycles. The molecule has 0 aromatic heterocycles. The molecular weight excluding hydrogens is 372 g/mol. The molecule has 0 radical (unpaired) electrons. The minimum absolute atomic E-state index is 0.132. The van der Waals surface area contributed by atoms with Gasteiger partial charge in [0, 0.05) is 15.0 Å². The van der Waals surface area contributed by atoms with Crippen LogP contribution in [0.1, 0.15) is 13.3 Å². The number of nitrogens with one attached hydrogen (secondary N) is 1. The van der Waals surface area contributed by atoms with Crippen molar-refractivity contribution >= 4 is 41.9 Å². The second-order valence-corrected chi connectivity index (χ2v) is 6.91. The summed E-state index contributed by atoms with van der Waals surface area (Å²) in [5.41, 5.74) is 0. The lowest BCUT2D eigenvalue weighted by Gasteiger charge is -2.12. The van der Waals surface area contributed by atoms with Crippen LogP contribution in [0.4, 0.5) is 0 Å². The summed E-state index contributed by atoms with van der Waals surface area (Å²) in [7, 11) is -3.60. The molecule has 17 heavy (non-hydrogen) atoms. The van der Waals surface area contributed by atoms with Crippen molar-refractivity contribution in [3.63, 3.8) is 0 Å². The molecule has 4 nitrogen and oxygen atoms in total. The Bertz CT molecular complexity index is 552. The van der Waals surface area contributed by atoms with Crippen LogP contribution in [-0.2, 0) is 10.0 Å². The van der Waals surface area contributed by atoms with Crippen LogP contribution in [0.3, 0.4) is 0 Å². The van der Waals surface area contributed by atoms with Crippen molar-refractivity contribution < 1.29 is 8.42 Å². The Morgan fingerprint density at radius 1 is 1.47 bits per heavy atom. The molecular formula is C10H10Br2N2O2S. The normalized spacial score (nSPS) is 13.1. The number of nitriles is 1. The van der Waals surface area contributed by atoms with Gasteiger partial charge in [0.2, 0.25) is 10.0 Å². The summed E-state index contributed by atoms with van der Waals surface area (Å²) >= 11 is 6.45. The predicted octanol–water partition coefficient (Wildman–Crippen LogP) is 2.79. The van der Waals surface area contributed by atoms with Gasteiger partial charge in [0.05, 0.1) is 17.4 Å². The van der Waals surface area contributed by atoms with E-state index in [9.17, 15) is 8.42 Å². The summed E-state index contributed by atoms with van der Waals surface area (Å²) in [6.45, 7) is 1.65. The largest absolute Gasteiger partial charge is 0.241 e. The van der Waals surface area contributed by atoms with E-state index in [2.05, 4.69) is 36.6 Å². The maximum absolute atomic E-state index is 12.0. The molecule has 0 saturated carbocycles. The molecule has 0 bridgehead atoms. The van der Waals surface area contributed by atoms with E-state index in [0.29, 0.717) is 4.47 Å². The van der Waals surface area contributed by atoms with Gasteiger partial charge in [-0.2, -0.15) is 5.26 Å². The molecule has 0 fully saturated rings. The predicted molar refractivity (Wildman–Crippen MR) is 71.9 cm³/mol. The van der Waals surface area contributed by atoms with E-state index in [1.807, 2.05) is 6.07 Å². The highest BCUT2D eigenvalue weighted by Crippen LogP contribution is 2.25. The van der Waals surface area contributed by atoms with Crippen LogP contribution >= 0.6 is 31.9 Å². The smallest absolute Gasteiger partial charge is 0.207 e. The van der Waals surface area contributed by atoms with E-state index in [1.54, 1.807) is 19.1 Å². The molecule has 0 saturated heterocycles. The summed E-state index contributed by atoms with van der Waals surface area (Å²) in [4.78, 5) is 0.158. The second kappa shape index (κ2) is 5.96. The fraction of sp³-hybridized carbons (Fsp3) is 0.300. The van der Waals surface area contributed by atoms with Gasteiger partial charge >= 0.3 is 0 Å². The van der Waals surface area contributed by atoms with Crippen LogP contribution < -0.4 is 4.72 Å². The van der Waals surface area contributed by atoms with Crippen LogP contribution in [0.2, 0.25) is 0 Å². The van der Waals surface area contributed by atoms with E-state index in [4.69, 9.17) is 5.26 Å². The first-order valence-corrected chi connectivity index (χ1v) is 7.78. The third-order valence-corrected chi connectivity index (χ3v) is 5.00. The molecule has 0 amide bonds. The number of rotatable bonds is 4. The van der Waals surface area contributed by atoms with Crippen molar-refractivity contribution in [2.75, 3.05) is 0 Å². The van der Waals surface area contributed by atoms with Crippen molar-refractivity contribution in [3.05, 3.63) is 27.1 Å². The molecule has 0 heterocycles. The Kier molecular flexibility index (Phi) is 5.13. The first-order chi connectivity index (χ1) is 7.86. The standard InChI is InChI=1S/C10H10Br2N2O2S/c1-7(4-5-13)14-17(15,16)10-3-2-8(11)6-9(10)12/h2-3,6-7,14H,4H2,1H3. The van der Waals surface area contributed by atoms with Gasteiger partial charge in [-0.1, -0.05) is 15.9 Å². The SMILES string of the molecule is CC(CC#N)NS(=O)(=O)c1ccc(Br)cc1Br. The molecule has 1 aromatic rings. The van der Waals surface area contributed by atoms with Crippen molar-refractivity contribution in [2.24, 2.45) is 0 Å². The summed E-state index contributed by atoms with van der Waals surface area (Å²) in [6.07, 6.45) is 0.132. The van der Waals surface area contributed by atoms with Crippen molar-refractivity contribution in [3.8, 4) is 6.07 Å². The van der Waals surface area contributed by atoms with E-state index in [0.717, 1.165) is 4.47 Å². The fourth-order valence-corrected chi connectivity index (χ4v) is 4.19. The Labute approximate surface area is 117 Å². The molecule has 7 heteroatoms. The molecule has 1 atom stereocenters. The molecule has 1 rings (SSSR count). The summed E-state index contributed by atoms with van der Waals surface area (Å²) in [5.74, 6) is 0. The molecule has 1 N–H and O–H groups in total. The lowest BCUT2D eigenvalue weighted by atomic mass is 10.3. The van der Waals surface area contributed by atoms with Crippen molar-refractivity contribution in [2.45, 2.75) is 24.3 Å². The Morgan fingerprint density at radius 2 is 2.12 bits per heavy atom. The highest BCUT2D eigenvalue weighted by atomic mass is 79.9. The number of sulfonamides is 1. The summed E-state index contributed by atoms with van der Waals surface area (Å²) < 4.78 is 27.7. The maximum atomic E-state index is 12.0. The lowest BCUT2D eigenvalue weighted by Crippen LogP contribution is -2.32. The minimum Gasteiger partial charge on any atom is -0.207 e. The molecule has 0 spiro atoms. The van der Waals surface area contributed by atoms with Gasteiger partial charge in [-0.05, 0) is 41.1 Å². The van der Waals surface area contributed by atoms with Gasteiger partial charge in [-0.25, -0.2) is 13.1 Å². The maximum Gasteiger partial charge on any atom is 0.241 e. The second-order valence-electron chi connectivity index (χ2n) is 3.46. The third-order valence-electron chi connectivity index (χ3n) is 1.94. The lowest BCUT2D eigenvalue weighted by molar-refractivity contribution is 0.562. The minimum atomic E-state index is -3.60. The average Bonchev–Trinajstić information content (AvgIpc) is 2.15. The van der Waals surface area contributed by atoms with E-state index in [-0.39, 0.29) is 11.3 Å². The van der Waals surface area contributed by atoms with Crippen LogP contribution in [0.5, 0.6) is 0 Å². The number of hydrogen-bond donors (Lipinski definition) is 1. The third kappa shape index (κ3) is 4.07. The number of halogens is 2. The van der Waals surface area contributed by atoms with Crippen LogP contribution in [0.15, 0.2) is 32.0 Å². The summed E-state index contributed by atoms with van der Waals surface area (Å²) in [5, 5.41) is 8.49. The fourth-order valence-electron chi connectivity index (χ4n) is 1.20. The molecule has 1 unspecified atom stereocenters. The molecule has 0 aliphatic carbocycles. The average molecular weight is 382 g/mol. The monoisotopic (exact) mass is 380 g/mol. The van der Waals surface area contributed by atoms with Gasteiger partial charge in [-0.3, -0.25) is 0 Å². The summed E-state index contributed by atoms with van der Waals surface area (Å²) in [6, 6.07) is 6.30. The Morgan fingerprint density at radius 3 is 2.65 bits per heavy atom. The van der Waals surface area contributed by atoms with Gasteiger partial charge < -0.3 is 0 Å². The van der Waals surface area contributed by atoms with Crippen LogP contribution in [-0.4, -0.2) is 14.5 Å². The van der Waals surface area contributed by atoms with Crippen molar-refractivity contribution in [1.82, 2.24) is 4.72 Å². The zero-order chi connectivity index (χ0) is 13.1. The first kappa shape index (κ1) is 14.6. The molecule has 0 aliphatic rings. The van der Waals surface area contributed by atoms with Gasteiger partial charge in [-0.15, -0.1) is 0 Å². The number of benzene rings is 1. The Balaban J connectivity index is 3.02. The van der Waals surface area contributed by atoms with Crippen molar-refractivity contribution in [1.29, 1.82) is 5.26 Å². The van der Waals surface area contributed by atoms with Crippen LogP contribution in [0.25, 0.3) is 0 Å². The molecule has 1 aromatic carbocycles. The van der Waals surface area contributed by atoms with E-state index >= 15 is 0 Å². The van der Waals surface area contributed by atoms with Gasteiger partial charge in [0.25, 0.3) is 0 Å². The highest BCUT2D eigenvalue weighted by molar-refractivity contribution is 9.11. The molecule has 92 valence electrons. The number of nitrogens with zero attached hydrogens (tertiary/aromatic N) is 1. The Hall–Kier alpha value is -0.420. The van der Waals surface area contributed by atoms with E-state index < -0.39 is 16.1 Å². The van der Waals surface area contributed by atoms with E-state index in [1.165, 1.54) is 6.07 Å². The quantitative estimate of drug-likeness (QED) is 0.871. The number of hydrogen-bond acceptors (Lipinski definition) is 3. The zero-order valence-corrected chi connectivity index (χ0v) is 12.9. The topological polar surface area (TPSA) is 70.0 Å². The van der Waals surface area contributed by atoms with Gasteiger partial charge in [0.15, 0.2) is 0 Å². The van der Waals surface area contributed by atoms with Gasteiger partial charge in [0.1, 0.15) is 0 Å². The van der Waals surface area contributed by atoms with Crippen LogP contribution in [0, 0.1) is 11.3 Å².